The van der Waals surface area contributed by atoms with Gasteiger partial charge in [0.15, 0.2) is 17.5 Å². The number of nitrogens with zero attached hydrogens (tertiary/aromatic N) is 4. The Balaban J connectivity index is 1.02. The Bertz CT molecular complexity index is 3520. The van der Waals surface area contributed by atoms with Crippen LogP contribution < -0.4 is 27.3 Å². The third-order valence-corrected chi connectivity index (χ3v) is 11.5. The molecule has 5 nitrogen and oxygen atoms in total. The van der Waals surface area contributed by atoms with E-state index in [0.717, 1.165) is 55.3 Å². The molecular weight excluding hydrogens is 739 g/mol. The lowest BCUT2D eigenvalue weighted by molar-refractivity contribution is 0.668. The second-order valence-electron chi connectivity index (χ2n) is 15.1. The molecule has 11 rings (SSSR count). The van der Waals surface area contributed by atoms with Crippen molar-refractivity contribution in [3.8, 4) is 62.1 Å². The SMILES string of the molecule is [B]c1c([B])c([B])c(-c2cccc(-c3nc(-c4ccccc4)nc(-c4ccc5oc6cc(-n7c8ccccc8c8cc(-c9ccccc9)ccc87)ccc6c5c4)n3)c2)c([B])c1[B]. The van der Waals surface area contributed by atoms with Crippen LogP contribution in [0.2, 0.25) is 0 Å². The van der Waals surface area contributed by atoms with Crippen molar-refractivity contribution in [2.45, 2.75) is 0 Å². The van der Waals surface area contributed by atoms with Crippen LogP contribution in [0.3, 0.4) is 0 Å². The van der Waals surface area contributed by atoms with E-state index in [-0.39, 0.29) is 27.3 Å². The number of para-hydroxylation sites is 1. The molecule has 0 saturated heterocycles. The summed E-state index contributed by atoms with van der Waals surface area (Å²) in [6.45, 7) is 0. The molecule has 0 bridgehead atoms. The third-order valence-electron chi connectivity index (χ3n) is 11.5. The average molecular weight is 766 g/mol. The minimum absolute atomic E-state index is 0.160. The fourth-order valence-corrected chi connectivity index (χ4v) is 8.43. The maximum absolute atomic E-state index is 6.56. The zero-order valence-corrected chi connectivity index (χ0v) is 32.7. The van der Waals surface area contributed by atoms with E-state index in [2.05, 4.69) is 95.6 Å². The molecule has 10 heteroatoms. The quantitative estimate of drug-likeness (QED) is 0.169. The van der Waals surface area contributed by atoms with Crippen molar-refractivity contribution in [2.24, 2.45) is 0 Å². The summed E-state index contributed by atoms with van der Waals surface area (Å²) in [4.78, 5) is 15.0. The molecule has 0 aliphatic rings. The molecule has 0 aliphatic carbocycles. The van der Waals surface area contributed by atoms with Crippen molar-refractivity contribution in [2.75, 3.05) is 0 Å². The van der Waals surface area contributed by atoms with Gasteiger partial charge in [0.2, 0.25) is 0 Å². The molecule has 0 aliphatic heterocycles. The average Bonchev–Trinajstić information content (AvgIpc) is 3.85. The highest BCUT2D eigenvalue weighted by Gasteiger charge is 2.19. The fraction of sp³-hybridized carbons (Fsp3) is 0. The summed E-state index contributed by atoms with van der Waals surface area (Å²) in [6.07, 6.45) is 0. The van der Waals surface area contributed by atoms with Crippen molar-refractivity contribution in [3.05, 3.63) is 164 Å². The second-order valence-corrected chi connectivity index (χ2v) is 15.1. The van der Waals surface area contributed by atoms with Gasteiger partial charge in [0, 0.05) is 50.0 Å². The van der Waals surface area contributed by atoms with Crippen LogP contribution in [0, 0.1) is 0 Å². The first-order valence-electron chi connectivity index (χ1n) is 19.8. The summed E-state index contributed by atoms with van der Waals surface area (Å²) in [5.74, 6) is 1.49. The smallest absolute Gasteiger partial charge is 0.164 e. The molecule has 0 saturated carbocycles. The van der Waals surface area contributed by atoms with Crippen LogP contribution >= 0.6 is 0 Å². The van der Waals surface area contributed by atoms with Crippen LogP contribution in [0.4, 0.5) is 0 Å². The van der Waals surface area contributed by atoms with Crippen molar-refractivity contribution in [1.29, 1.82) is 0 Å². The Morgan fingerprint density at radius 3 is 1.64 bits per heavy atom. The van der Waals surface area contributed by atoms with Gasteiger partial charge in [-0.15, -0.1) is 16.4 Å². The summed E-state index contributed by atoms with van der Waals surface area (Å²) in [6, 6.07) is 55.6. The van der Waals surface area contributed by atoms with Gasteiger partial charge >= 0.3 is 0 Å². The van der Waals surface area contributed by atoms with Gasteiger partial charge in [0.05, 0.1) is 11.0 Å². The summed E-state index contributed by atoms with van der Waals surface area (Å²) < 4.78 is 8.86. The number of fused-ring (bicyclic) bond motifs is 6. The molecule has 61 heavy (non-hydrogen) atoms. The van der Waals surface area contributed by atoms with Gasteiger partial charge in [-0.05, 0) is 76.9 Å². The molecule has 0 fully saturated rings. The number of hydrogen-bond acceptors (Lipinski definition) is 4. The van der Waals surface area contributed by atoms with Crippen molar-refractivity contribution in [3.63, 3.8) is 0 Å². The maximum Gasteiger partial charge on any atom is 0.164 e. The van der Waals surface area contributed by atoms with Crippen molar-refractivity contribution in [1.82, 2.24) is 19.5 Å². The molecule has 0 amide bonds. The largest absolute Gasteiger partial charge is 0.456 e. The second kappa shape index (κ2) is 14.5. The zero-order valence-electron chi connectivity index (χ0n) is 32.7. The van der Waals surface area contributed by atoms with E-state index in [0.29, 0.717) is 28.6 Å². The van der Waals surface area contributed by atoms with Gasteiger partial charge in [-0.3, -0.25) is 0 Å². The molecule has 3 aromatic heterocycles. The first-order valence-corrected chi connectivity index (χ1v) is 19.8. The summed E-state index contributed by atoms with van der Waals surface area (Å²) in [7, 11) is 31.5. The van der Waals surface area contributed by atoms with E-state index in [1.54, 1.807) is 0 Å². The first-order chi connectivity index (χ1) is 29.8. The number of aromatic nitrogens is 4. The number of benzene rings is 8. The molecule has 0 N–H and O–H groups in total. The normalized spacial score (nSPS) is 11.6. The molecule has 0 atom stereocenters. The number of furan rings is 1. The lowest BCUT2D eigenvalue weighted by Crippen LogP contribution is -2.55. The Kier molecular flexibility index (Phi) is 8.71. The highest BCUT2D eigenvalue weighted by atomic mass is 16.3. The molecule has 10 radical (unpaired) electrons. The Hall–Kier alpha value is -7.31. The molecular formula is C51H27B5N4O. The van der Waals surface area contributed by atoms with Gasteiger partial charge in [0.1, 0.15) is 50.4 Å². The van der Waals surface area contributed by atoms with Crippen LogP contribution in [0.1, 0.15) is 0 Å². The maximum atomic E-state index is 6.56. The van der Waals surface area contributed by atoms with Gasteiger partial charge < -0.3 is 8.98 Å². The molecule has 11 aromatic rings. The standard InChI is InChI=1S/C51H27B5N4O/c52-44-43(45(53)47(55)48(56)46(44)54)31-14-9-15-32(24-31)50-57-49(29-12-5-2-6-13-29)58-51(59-50)33-19-23-41-38(26-33)36-21-20-34(27-42(36)61-41)60-39-17-8-7-16-35(39)37-25-30(18-22-40(37)60)28-10-3-1-4-11-28/h1-27H. The highest BCUT2D eigenvalue weighted by molar-refractivity contribution is 6.68. The molecule has 0 spiro atoms. The fourth-order valence-electron chi connectivity index (χ4n) is 8.43. The Morgan fingerprint density at radius 1 is 0.344 bits per heavy atom. The van der Waals surface area contributed by atoms with E-state index >= 15 is 0 Å². The van der Waals surface area contributed by atoms with E-state index in [9.17, 15) is 0 Å². The molecule has 0 unspecified atom stereocenters. The van der Waals surface area contributed by atoms with Crippen molar-refractivity contribution < 1.29 is 4.42 Å². The van der Waals surface area contributed by atoms with Crippen molar-refractivity contribution >= 4 is 110 Å². The third kappa shape index (κ3) is 6.12. The number of hydrogen-bond donors (Lipinski definition) is 0. The Morgan fingerprint density at radius 2 is 0.902 bits per heavy atom. The van der Waals surface area contributed by atoms with E-state index in [1.165, 1.54) is 21.9 Å². The van der Waals surface area contributed by atoms with Gasteiger partial charge in [-0.2, -0.15) is 0 Å². The highest BCUT2D eigenvalue weighted by Crippen LogP contribution is 2.38. The lowest BCUT2D eigenvalue weighted by Gasteiger charge is -2.21. The van der Waals surface area contributed by atoms with Crippen LogP contribution in [-0.2, 0) is 0 Å². The number of rotatable bonds is 6. The Labute approximate surface area is 358 Å². The topological polar surface area (TPSA) is 56.7 Å². The van der Waals surface area contributed by atoms with Gasteiger partial charge in [-0.1, -0.05) is 114 Å². The van der Waals surface area contributed by atoms with E-state index in [1.807, 2.05) is 72.8 Å². The van der Waals surface area contributed by atoms with Gasteiger partial charge in [0.25, 0.3) is 0 Å². The summed E-state index contributed by atoms with van der Waals surface area (Å²) in [5, 5.41) is 4.31. The van der Waals surface area contributed by atoms with Gasteiger partial charge in [-0.25, -0.2) is 15.0 Å². The van der Waals surface area contributed by atoms with Crippen LogP contribution in [0.5, 0.6) is 0 Å². The molecule has 272 valence electrons. The van der Waals surface area contributed by atoms with Crippen LogP contribution in [-0.4, -0.2) is 58.8 Å². The minimum Gasteiger partial charge on any atom is -0.456 e. The predicted octanol–water partition coefficient (Wildman–Crippen LogP) is 7.17. The van der Waals surface area contributed by atoms with E-state index < -0.39 is 0 Å². The molecule has 3 heterocycles. The summed E-state index contributed by atoms with van der Waals surface area (Å²) in [5.41, 5.74) is 11.8. The predicted molar refractivity (Wildman–Crippen MR) is 256 cm³/mol. The first kappa shape index (κ1) is 36.8. The zero-order chi connectivity index (χ0) is 41.4. The van der Waals surface area contributed by atoms with E-state index in [4.69, 9.17) is 58.6 Å². The molecule has 8 aromatic carbocycles. The van der Waals surface area contributed by atoms with Crippen LogP contribution in [0.25, 0.3) is 106 Å². The van der Waals surface area contributed by atoms with Crippen LogP contribution in [0.15, 0.2) is 168 Å². The summed E-state index contributed by atoms with van der Waals surface area (Å²) >= 11 is 0. The minimum atomic E-state index is 0.160. The lowest BCUT2D eigenvalue weighted by atomic mass is 9.59. The monoisotopic (exact) mass is 766 g/mol.